The molecule has 3 fully saturated rings. The fraction of sp³-hybridized carbons (Fsp3) is 0.833. The molecule has 1 nitrogen and oxygen atoms in total. The molecule has 13 heavy (non-hydrogen) atoms. The van der Waals surface area contributed by atoms with E-state index in [2.05, 4.69) is 12.2 Å². The van der Waals surface area contributed by atoms with E-state index in [0.29, 0.717) is 6.04 Å². The molecule has 0 aliphatic heterocycles. The Balaban J connectivity index is 1.79. The summed E-state index contributed by atoms with van der Waals surface area (Å²) >= 11 is 0. The van der Waals surface area contributed by atoms with Crippen LogP contribution in [0.3, 0.4) is 0 Å². The molecule has 1 heteroatoms. The Morgan fingerprint density at radius 3 is 2.54 bits per heavy atom. The smallest absolute Gasteiger partial charge is 0.00729 e. The highest BCUT2D eigenvalue weighted by atomic mass is 14.8. The van der Waals surface area contributed by atoms with Crippen molar-refractivity contribution in [2.45, 2.75) is 25.3 Å². The summed E-state index contributed by atoms with van der Waals surface area (Å²) in [5.41, 5.74) is 6.18. The van der Waals surface area contributed by atoms with Gasteiger partial charge >= 0.3 is 0 Å². The molecule has 4 bridgehead atoms. The van der Waals surface area contributed by atoms with Crippen LogP contribution < -0.4 is 5.73 Å². The van der Waals surface area contributed by atoms with Crippen molar-refractivity contribution < 1.29 is 0 Å². The number of fused-ring (bicyclic) bond motifs is 9. The van der Waals surface area contributed by atoms with Crippen molar-refractivity contribution >= 4 is 0 Å². The summed E-state index contributed by atoms with van der Waals surface area (Å²) in [5.74, 6) is 5.84. The van der Waals surface area contributed by atoms with Gasteiger partial charge in [0.15, 0.2) is 0 Å². The molecule has 0 radical (unpaired) electrons. The number of hydrogen-bond acceptors (Lipinski definition) is 1. The summed E-state index contributed by atoms with van der Waals surface area (Å²) in [6, 6.07) is 0.555. The van der Waals surface area contributed by atoms with Crippen molar-refractivity contribution in [2.75, 3.05) is 0 Å². The molecule has 2 N–H and O–H groups in total. The lowest BCUT2D eigenvalue weighted by Gasteiger charge is -2.35. The highest BCUT2D eigenvalue weighted by molar-refractivity contribution is 5.21. The molecular formula is C12H17N. The summed E-state index contributed by atoms with van der Waals surface area (Å²) in [6.07, 6.45) is 9.25. The van der Waals surface area contributed by atoms with E-state index >= 15 is 0 Å². The zero-order valence-corrected chi connectivity index (χ0v) is 7.89. The van der Waals surface area contributed by atoms with Crippen LogP contribution in [0, 0.1) is 35.5 Å². The molecule has 0 aromatic heterocycles. The van der Waals surface area contributed by atoms with Gasteiger partial charge in [-0.3, -0.25) is 0 Å². The molecule has 3 saturated carbocycles. The lowest BCUT2D eigenvalue weighted by Crippen LogP contribution is -2.38. The van der Waals surface area contributed by atoms with Crippen LogP contribution >= 0.6 is 0 Å². The van der Waals surface area contributed by atoms with E-state index in [9.17, 15) is 0 Å². The second-order valence-corrected chi connectivity index (χ2v) is 5.66. The molecule has 0 aromatic rings. The predicted octanol–water partition coefficient (Wildman–Crippen LogP) is 1.79. The number of allylic oxidation sites excluding steroid dienone is 2. The van der Waals surface area contributed by atoms with Gasteiger partial charge in [-0.25, -0.2) is 0 Å². The Labute approximate surface area is 79.4 Å². The van der Waals surface area contributed by atoms with Gasteiger partial charge in [0.1, 0.15) is 0 Å². The molecule has 7 unspecified atom stereocenters. The Kier molecular flexibility index (Phi) is 1.10. The molecule has 0 heterocycles. The molecular weight excluding hydrogens is 158 g/mol. The Morgan fingerprint density at radius 2 is 1.69 bits per heavy atom. The standard InChI is InChI=1S/C12H17N/c13-10-5-8-4-9(10)12-7-2-1-6(3-7)11(8)12/h1-2,6-12H,3-5,13H2. The normalized spacial score (nSPS) is 66.4. The topological polar surface area (TPSA) is 26.0 Å². The third-order valence-corrected chi connectivity index (χ3v) is 5.32. The molecule has 70 valence electrons. The first-order valence-electron chi connectivity index (χ1n) is 5.78. The van der Waals surface area contributed by atoms with Crippen molar-refractivity contribution in [2.24, 2.45) is 41.2 Å². The molecule has 7 atom stereocenters. The lowest BCUT2D eigenvalue weighted by molar-refractivity contribution is 0.186. The van der Waals surface area contributed by atoms with Crippen molar-refractivity contribution in [3.05, 3.63) is 12.2 Å². The molecule has 0 aromatic carbocycles. The minimum Gasteiger partial charge on any atom is -0.327 e. The predicted molar refractivity (Wildman–Crippen MR) is 51.9 cm³/mol. The first-order valence-corrected chi connectivity index (χ1v) is 5.78. The van der Waals surface area contributed by atoms with Crippen LogP contribution in [0.15, 0.2) is 12.2 Å². The van der Waals surface area contributed by atoms with Gasteiger partial charge in [0.2, 0.25) is 0 Å². The summed E-state index contributed by atoms with van der Waals surface area (Å²) < 4.78 is 0. The van der Waals surface area contributed by atoms with Gasteiger partial charge < -0.3 is 5.73 Å². The molecule has 4 rings (SSSR count). The maximum Gasteiger partial charge on any atom is 0.00729 e. The average Bonchev–Trinajstić information content (AvgIpc) is 2.78. The van der Waals surface area contributed by atoms with E-state index in [1.807, 2.05) is 0 Å². The molecule has 0 saturated heterocycles. The maximum atomic E-state index is 6.18. The van der Waals surface area contributed by atoms with Crippen molar-refractivity contribution in [1.82, 2.24) is 0 Å². The lowest BCUT2D eigenvalue weighted by atomic mass is 9.72. The van der Waals surface area contributed by atoms with Gasteiger partial charge in [0.05, 0.1) is 0 Å². The fourth-order valence-corrected chi connectivity index (χ4v) is 5.07. The first kappa shape index (κ1) is 7.05. The van der Waals surface area contributed by atoms with Crippen LogP contribution in [0.2, 0.25) is 0 Å². The second kappa shape index (κ2) is 2.03. The SMILES string of the molecule is NC1CC2CC1C1C3C=CC(C3)C21. The average molecular weight is 175 g/mol. The zero-order chi connectivity index (χ0) is 8.58. The summed E-state index contributed by atoms with van der Waals surface area (Å²) in [6.45, 7) is 0. The van der Waals surface area contributed by atoms with Crippen LogP contribution in [0.5, 0.6) is 0 Å². The zero-order valence-electron chi connectivity index (χ0n) is 7.89. The monoisotopic (exact) mass is 175 g/mol. The highest BCUT2D eigenvalue weighted by Gasteiger charge is 2.60. The third kappa shape index (κ3) is 0.665. The summed E-state index contributed by atoms with van der Waals surface area (Å²) in [7, 11) is 0. The van der Waals surface area contributed by atoms with Gasteiger partial charge in [-0.1, -0.05) is 12.2 Å². The van der Waals surface area contributed by atoms with Gasteiger partial charge in [-0.05, 0) is 54.8 Å². The van der Waals surface area contributed by atoms with E-state index in [0.717, 1.165) is 35.5 Å². The Hall–Kier alpha value is -0.300. The van der Waals surface area contributed by atoms with Crippen molar-refractivity contribution in [3.8, 4) is 0 Å². The number of hydrogen-bond donors (Lipinski definition) is 1. The van der Waals surface area contributed by atoms with E-state index in [1.165, 1.54) is 19.3 Å². The van der Waals surface area contributed by atoms with Gasteiger partial charge in [0, 0.05) is 6.04 Å². The third-order valence-electron chi connectivity index (χ3n) is 5.32. The van der Waals surface area contributed by atoms with Crippen molar-refractivity contribution in [3.63, 3.8) is 0 Å². The maximum absolute atomic E-state index is 6.18. The fourth-order valence-electron chi connectivity index (χ4n) is 5.07. The molecule has 4 aliphatic carbocycles. The Morgan fingerprint density at radius 1 is 0.923 bits per heavy atom. The van der Waals surface area contributed by atoms with E-state index in [1.54, 1.807) is 0 Å². The second-order valence-electron chi connectivity index (χ2n) is 5.66. The van der Waals surface area contributed by atoms with Crippen molar-refractivity contribution in [1.29, 1.82) is 0 Å². The minimum absolute atomic E-state index is 0.555. The quantitative estimate of drug-likeness (QED) is 0.441. The van der Waals surface area contributed by atoms with Crippen LogP contribution in [-0.2, 0) is 0 Å². The van der Waals surface area contributed by atoms with Gasteiger partial charge in [-0.15, -0.1) is 0 Å². The Bertz CT molecular complexity index is 283. The summed E-state index contributed by atoms with van der Waals surface area (Å²) in [4.78, 5) is 0. The van der Waals surface area contributed by atoms with E-state index in [-0.39, 0.29) is 0 Å². The van der Waals surface area contributed by atoms with Crippen LogP contribution in [0.25, 0.3) is 0 Å². The van der Waals surface area contributed by atoms with E-state index < -0.39 is 0 Å². The highest BCUT2D eigenvalue weighted by Crippen LogP contribution is 2.64. The van der Waals surface area contributed by atoms with E-state index in [4.69, 9.17) is 5.73 Å². The van der Waals surface area contributed by atoms with Gasteiger partial charge in [-0.2, -0.15) is 0 Å². The van der Waals surface area contributed by atoms with Gasteiger partial charge in [0.25, 0.3) is 0 Å². The van der Waals surface area contributed by atoms with Crippen LogP contribution in [-0.4, -0.2) is 6.04 Å². The molecule has 0 amide bonds. The largest absolute Gasteiger partial charge is 0.327 e. The first-order chi connectivity index (χ1) is 6.34. The van der Waals surface area contributed by atoms with Crippen LogP contribution in [0.1, 0.15) is 19.3 Å². The molecule has 0 spiro atoms. The number of nitrogens with two attached hydrogens (primary N) is 1. The molecule has 4 aliphatic rings. The minimum atomic E-state index is 0.555. The number of rotatable bonds is 0. The summed E-state index contributed by atoms with van der Waals surface area (Å²) in [5, 5.41) is 0. The van der Waals surface area contributed by atoms with Crippen LogP contribution in [0.4, 0.5) is 0 Å².